The lowest BCUT2D eigenvalue weighted by atomic mass is 9.94. The molecule has 1 aromatic carbocycles. The largest absolute Gasteiger partial charge is 0.388 e. The lowest BCUT2D eigenvalue weighted by Crippen LogP contribution is -2.46. The van der Waals surface area contributed by atoms with Crippen molar-refractivity contribution in [2.24, 2.45) is 0 Å². The van der Waals surface area contributed by atoms with Crippen molar-refractivity contribution in [1.82, 2.24) is 0 Å². The fourth-order valence-corrected chi connectivity index (χ4v) is 3.21. The molecular formula is C14H17ClN2O3. The van der Waals surface area contributed by atoms with Gasteiger partial charge in [0, 0.05) is 24.3 Å². The van der Waals surface area contributed by atoms with Crippen LogP contribution in [0.3, 0.4) is 0 Å². The van der Waals surface area contributed by atoms with E-state index >= 15 is 0 Å². The fraction of sp³-hybridized carbons (Fsp3) is 0.500. The van der Waals surface area contributed by atoms with Crippen LogP contribution in [-0.4, -0.2) is 34.8 Å². The number of β-amino-alcohol motifs (C(OH)–C–C–N with tert-alkyl or cyclic N) is 1. The van der Waals surface area contributed by atoms with E-state index in [2.05, 4.69) is 5.32 Å². The second kappa shape index (κ2) is 4.62. The predicted molar refractivity (Wildman–Crippen MR) is 77.1 cm³/mol. The van der Waals surface area contributed by atoms with E-state index in [1.165, 1.54) is 0 Å². The minimum Gasteiger partial charge on any atom is -0.388 e. The van der Waals surface area contributed by atoms with Crippen molar-refractivity contribution in [3.8, 4) is 0 Å². The maximum atomic E-state index is 11.5. The molecule has 0 spiro atoms. The number of hydrogen-bond acceptors (Lipinski definition) is 4. The van der Waals surface area contributed by atoms with Gasteiger partial charge in [0.25, 0.3) is 5.91 Å². The average molecular weight is 297 g/mol. The summed E-state index contributed by atoms with van der Waals surface area (Å²) in [6, 6.07) is 3.39. The van der Waals surface area contributed by atoms with Crippen molar-refractivity contribution in [3.63, 3.8) is 0 Å². The number of halogens is 1. The summed E-state index contributed by atoms with van der Waals surface area (Å²) < 4.78 is 0. The first kappa shape index (κ1) is 13.7. The highest BCUT2D eigenvalue weighted by molar-refractivity contribution is 6.33. The summed E-state index contributed by atoms with van der Waals surface area (Å²) >= 11 is 6.27. The summed E-state index contributed by atoms with van der Waals surface area (Å²) in [5.74, 6) is -0.432. The van der Waals surface area contributed by atoms with Crippen molar-refractivity contribution >= 4 is 28.9 Å². The molecule has 2 aliphatic rings. The van der Waals surface area contributed by atoms with Crippen LogP contribution in [0.1, 0.15) is 31.4 Å². The lowest BCUT2D eigenvalue weighted by molar-refractivity contribution is -0.123. The molecule has 0 bridgehead atoms. The summed E-state index contributed by atoms with van der Waals surface area (Å²) in [7, 11) is 0. The van der Waals surface area contributed by atoms with E-state index in [4.69, 9.17) is 11.6 Å². The van der Waals surface area contributed by atoms with Gasteiger partial charge in [-0.05, 0) is 31.9 Å². The highest BCUT2D eigenvalue weighted by atomic mass is 35.5. The Balaban J connectivity index is 1.96. The molecule has 3 rings (SSSR count). The molecule has 6 heteroatoms. The van der Waals surface area contributed by atoms with Gasteiger partial charge in [0.15, 0.2) is 6.10 Å². The number of nitrogens with zero attached hydrogens (tertiary/aromatic N) is 1. The molecule has 0 saturated carbocycles. The number of amides is 1. The monoisotopic (exact) mass is 296 g/mol. The molecule has 3 N–H and O–H groups in total. The highest BCUT2D eigenvalue weighted by Crippen LogP contribution is 2.40. The van der Waals surface area contributed by atoms with Gasteiger partial charge >= 0.3 is 0 Å². The van der Waals surface area contributed by atoms with Gasteiger partial charge in [-0.25, -0.2) is 0 Å². The molecule has 2 aliphatic heterocycles. The summed E-state index contributed by atoms with van der Waals surface area (Å²) in [4.78, 5) is 13.5. The van der Waals surface area contributed by atoms with Crippen LogP contribution in [0, 0.1) is 0 Å². The summed E-state index contributed by atoms with van der Waals surface area (Å²) in [5, 5.41) is 23.0. The predicted octanol–water partition coefficient (Wildman–Crippen LogP) is 1.68. The number of carbonyl (C=O) groups excluding carboxylic acids is 1. The van der Waals surface area contributed by atoms with Crippen LogP contribution < -0.4 is 10.2 Å². The fourth-order valence-electron chi connectivity index (χ4n) is 2.92. The molecule has 1 amide bonds. The van der Waals surface area contributed by atoms with Crippen LogP contribution in [0.25, 0.3) is 0 Å². The average Bonchev–Trinajstić information content (AvgIpc) is 2.63. The van der Waals surface area contributed by atoms with E-state index in [0.29, 0.717) is 22.8 Å². The van der Waals surface area contributed by atoms with E-state index in [1.807, 2.05) is 11.8 Å². The Labute approximate surface area is 122 Å². The van der Waals surface area contributed by atoms with Gasteiger partial charge < -0.3 is 20.4 Å². The Bertz CT molecular complexity index is 574. The zero-order valence-electron chi connectivity index (χ0n) is 11.2. The van der Waals surface area contributed by atoms with Crippen LogP contribution in [-0.2, 0) is 4.79 Å². The first-order valence-corrected chi connectivity index (χ1v) is 7.05. The van der Waals surface area contributed by atoms with Gasteiger partial charge in [-0.2, -0.15) is 0 Å². The molecule has 0 radical (unpaired) electrons. The minimum absolute atomic E-state index is 0.432. The Morgan fingerprint density at radius 2 is 2.25 bits per heavy atom. The highest BCUT2D eigenvalue weighted by Gasteiger charge is 2.33. The Morgan fingerprint density at radius 3 is 2.95 bits per heavy atom. The van der Waals surface area contributed by atoms with E-state index in [1.54, 1.807) is 12.1 Å². The molecule has 0 aromatic heterocycles. The van der Waals surface area contributed by atoms with Crippen molar-refractivity contribution in [3.05, 3.63) is 22.7 Å². The Morgan fingerprint density at radius 1 is 1.50 bits per heavy atom. The van der Waals surface area contributed by atoms with Gasteiger partial charge in [-0.15, -0.1) is 0 Å². The first-order chi connectivity index (χ1) is 9.37. The van der Waals surface area contributed by atoms with Gasteiger partial charge in [0.05, 0.1) is 16.3 Å². The van der Waals surface area contributed by atoms with Gasteiger partial charge in [0.1, 0.15) is 0 Å². The zero-order chi connectivity index (χ0) is 14.5. The molecule has 20 heavy (non-hydrogen) atoms. The smallest absolute Gasteiger partial charge is 0.257 e. The molecule has 1 fully saturated rings. The van der Waals surface area contributed by atoms with Crippen LogP contribution in [0.5, 0.6) is 0 Å². The number of aliphatic hydroxyl groups excluding tert-OH is 1. The van der Waals surface area contributed by atoms with Crippen LogP contribution in [0.2, 0.25) is 5.02 Å². The number of piperidine rings is 1. The van der Waals surface area contributed by atoms with Crippen molar-refractivity contribution in [1.29, 1.82) is 0 Å². The second-order valence-corrected chi connectivity index (χ2v) is 6.21. The zero-order valence-corrected chi connectivity index (χ0v) is 11.9. The number of hydrogen-bond donors (Lipinski definition) is 3. The second-order valence-electron chi connectivity index (χ2n) is 5.80. The topological polar surface area (TPSA) is 72.8 Å². The van der Waals surface area contributed by atoms with E-state index in [9.17, 15) is 15.0 Å². The van der Waals surface area contributed by atoms with Crippen molar-refractivity contribution in [2.45, 2.75) is 31.5 Å². The molecule has 0 aliphatic carbocycles. The molecule has 1 saturated heterocycles. The van der Waals surface area contributed by atoms with E-state index < -0.39 is 17.6 Å². The molecule has 5 nitrogen and oxygen atoms in total. The quantitative estimate of drug-likeness (QED) is 0.737. The van der Waals surface area contributed by atoms with Gasteiger partial charge in [-0.3, -0.25) is 4.79 Å². The van der Waals surface area contributed by atoms with Gasteiger partial charge in [0.2, 0.25) is 0 Å². The number of carbonyl (C=O) groups is 1. The number of nitrogens with one attached hydrogen (secondary N) is 1. The van der Waals surface area contributed by atoms with Gasteiger partial charge in [-0.1, -0.05) is 11.6 Å². The van der Waals surface area contributed by atoms with Crippen LogP contribution >= 0.6 is 11.6 Å². The normalized spacial score (nSPS) is 29.3. The Hall–Kier alpha value is -1.30. The van der Waals surface area contributed by atoms with E-state index in [0.717, 1.165) is 25.1 Å². The Kier molecular flexibility index (Phi) is 3.16. The molecule has 2 atom stereocenters. The number of anilines is 2. The standard InChI is InChI=1S/C14H17ClN2O3/c1-14(20)3-2-4-17(7-14)11-6-10-8(5-9(11)15)12(18)13(19)16-10/h5-6,12,18,20H,2-4,7H2,1H3,(H,16,19). The maximum absolute atomic E-state index is 11.5. The third-order valence-corrected chi connectivity index (χ3v) is 4.24. The van der Waals surface area contributed by atoms with Crippen molar-refractivity contribution in [2.75, 3.05) is 23.3 Å². The molecular weight excluding hydrogens is 280 g/mol. The minimum atomic E-state index is -1.15. The number of rotatable bonds is 1. The first-order valence-electron chi connectivity index (χ1n) is 6.67. The van der Waals surface area contributed by atoms with Crippen LogP contribution in [0.15, 0.2) is 12.1 Å². The SMILES string of the molecule is CC1(O)CCCN(c2cc3c(cc2Cl)C(O)C(=O)N3)C1. The molecule has 2 heterocycles. The number of fused-ring (bicyclic) bond motifs is 1. The maximum Gasteiger partial charge on any atom is 0.257 e. The summed E-state index contributed by atoms with van der Waals surface area (Å²) in [6.45, 7) is 3.12. The molecule has 1 aromatic rings. The summed E-state index contributed by atoms with van der Waals surface area (Å²) in [6.07, 6.45) is 0.498. The van der Waals surface area contributed by atoms with E-state index in [-0.39, 0.29) is 0 Å². The van der Waals surface area contributed by atoms with Crippen molar-refractivity contribution < 1.29 is 15.0 Å². The third-order valence-electron chi connectivity index (χ3n) is 3.94. The van der Waals surface area contributed by atoms with Crippen LogP contribution in [0.4, 0.5) is 11.4 Å². The molecule has 2 unspecified atom stereocenters. The molecule has 108 valence electrons. The number of aliphatic hydroxyl groups is 2. The summed E-state index contributed by atoms with van der Waals surface area (Å²) in [5.41, 5.74) is 1.14. The third kappa shape index (κ3) is 2.26. The number of benzene rings is 1. The lowest BCUT2D eigenvalue weighted by Gasteiger charge is -2.38.